The average Bonchev–Trinajstić information content (AvgIpc) is 2.03. The number of carbonyl (C=O) groups is 1. The smallest absolute Gasteiger partial charge is 0.334 e. The Labute approximate surface area is 78.7 Å². The minimum absolute atomic E-state index is 0.369. The van der Waals surface area contributed by atoms with Gasteiger partial charge in [0, 0.05) is 6.04 Å². The van der Waals surface area contributed by atoms with Gasteiger partial charge in [-0.15, -0.1) is 0 Å². The second kappa shape index (κ2) is 5.94. The Kier molecular flexibility index (Phi) is 5.66. The van der Waals surface area contributed by atoms with Gasteiger partial charge in [0.1, 0.15) is 0 Å². The second-order valence-electron chi connectivity index (χ2n) is 3.58. The highest BCUT2D eigenvalue weighted by Crippen LogP contribution is 2.13. The molecule has 0 fully saturated rings. The van der Waals surface area contributed by atoms with Crippen molar-refractivity contribution < 1.29 is 15.0 Å². The zero-order chi connectivity index (χ0) is 10.4. The number of hydrogen-bond acceptors (Lipinski definition) is 3. The van der Waals surface area contributed by atoms with Crippen LogP contribution in [0.3, 0.4) is 0 Å². The molecular weight excluding hydrogens is 170 g/mol. The number of hydrogen-bond donors (Lipinski definition) is 3. The van der Waals surface area contributed by atoms with Gasteiger partial charge in [0.25, 0.3) is 0 Å². The fraction of sp³-hybridized carbons (Fsp3) is 0.889. The van der Waals surface area contributed by atoms with Gasteiger partial charge in [0.05, 0.1) is 0 Å². The zero-order valence-corrected chi connectivity index (χ0v) is 8.23. The van der Waals surface area contributed by atoms with Crippen molar-refractivity contribution in [3.05, 3.63) is 0 Å². The van der Waals surface area contributed by atoms with Crippen molar-refractivity contribution >= 4 is 5.97 Å². The summed E-state index contributed by atoms with van der Waals surface area (Å²) in [4.78, 5) is 10.4. The molecule has 3 unspecified atom stereocenters. The molecule has 0 aliphatic rings. The largest absolute Gasteiger partial charge is 0.479 e. The van der Waals surface area contributed by atoms with Crippen molar-refractivity contribution in [2.24, 2.45) is 11.7 Å². The van der Waals surface area contributed by atoms with Gasteiger partial charge in [-0.3, -0.25) is 0 Å². The lowest BCUT2D eigenvalue weighted by molar-refractivity contribution is -0.147. The molecule has 3 atom stereocenters. The number of carboxylic acid groups (broad SMARTS) is 1. The molecule has 0 rings (SSSR count). The first-order valence-corrected chi connectivity index (χ1v) is 4.65. The minimum Gasteiger partial charge on any atom is -0.479 e. The zero-order valence-electron chi connectivity index (χ0n) is 8.23. The van der Waals surface area contributed by atoms with Crippen LogP contribution >= 0.6 is 0 Å². The van der Waals surface area contributed by atoms with Crippen LogP contribution in [0.25, 0.3) is 0 Å². The molecule has 0 saturated carbocycles. The highest BCUT2D eigenvalue weighted by Gasteiger charge is 2.23. The summed E-state index contributed by atoms with van der Waals surface area (Å²) in [6.07, 6.45) is 1.19. The van der Waals surface area contributed by atoms with Gasteiger partial charge in [-0.2, -0.15) is 0 Å². The third-order valence-corrected chi connectivity index (χ3v) is 2.11. The van der Waals surface area contributed by atoms with Crippen LogP contribution in [0.15, 0.2) is 0 Å². The van der Waals surface area contributed by atoms with E-state index in [-0.39, 0.29) is 0 Å². The molecule has 4 N–H and O–H groups in total. The van der Waals surface area contributed by atoms with Gasteiger partial charge < -0.3 is 15.9 Å². The molecule has 0 spiro atoms. The summed E-state index contributed by atoms with van der Waals surface area (Å²) in [6.45, 7) is 4.08. The highest BCUT2D eigenvalue weighted by atomic mass is 16.4. The van der Waals surface area contributed by atoms with Crippen LogP contribution in [-0.4, -0.2) is 28.3 Å². The molecule has 4 heteroatoms. The summed E-state index contributed by atoms with van der Waals surface area (Å²) in [5.74, 6) is -0.870. The van der Waals surface area contributed by atoms with E-state index in [1.54, 1.807) is 0 Å². The molecule has 0 aromatic rings. The molecule has 0 aliphatic heterocycles. The van der Waals surface area contributed by atoms with E-state index in [4.69, 9.17) is 15.9 Å². The summed E-state index contributed by atoms with van der Waals surface area (Å²) in [5.41, 5.74) is 5.52. The molecule has 0 aromatic carbocycles. The van der Waals surface area contributed by atoms with E-state index in [2.05, 4.69) is 6.92 Å². The van der Waals surface area contributed by atoms with E-state index in [0.29, 0.717) is 12.3 Å². The van der Waals surface area contributed by atoms with Crippen LogP contribution < -0.4 is 5.73 Å². The van der Waals surface area contributed by atoms with Gasteiger partial charge >= 0.3 is 5.97 Å². The van der Waals surface area contributed by atoms with E-state index in [1.807, 2.05) is 6.92 Å². The lowest BCUT2D eigenvalue weighted by atomic mass is 9.95. The van der Waals surface area contributed by atoms with Crippen molar-refractivity contribution in [3.8, 4) is 0 Å². The maximum Gasteiger partial charge on any atom is 0.334 e. The fourth-order valence-corrected chi connectivity index (χ4v) is 1.39. The van der Waals surface area contributed by atoms with Crippen LogP contribution in [-0.2, 0) is 4.79 Å². The van der Waals surface area contributed by atoms with Crippen LogP contribution in [0, 0.1) is 5.92 Å². The van der Waals surface area contributed by atoms with Crippen molar-refractivity contribution in [1.82, 2.24) is 0 Å². The average molecular weight is 189 g/mol. The Morgan fingerprint density at radius 3 is 2.46 bits per heavy atom. The Hall–Kier alpha value is -0.610. The van der Waals surface area contributed by atoms with Crippen molar-refractivity contribution in [2.45, 2.75) is 45.3 Å². The molecule has 0 bridgehead atoms. The van der Waals surface area contributed by atoms with Gasteiger partial charge in [-0.05, 0) is 12.3 Å². The van der Waals surface area contributed by atoms with E-state index in [9.17, 15) is 4.79 Å². The molecule has 0 amide bonds. The number of nitrogens with two attached hydrogens (primary N) is 1. The first-order valence-electron chi connectivity index (χ1n) is 4.65. The normalized spacial score (nSPS) is 17.8. The van der Waals surface area contributed by atoms with E-state index < -0.39 is 18.1 Å². The number of aliphatic hydroxyl groups excluding tert-OH is 1. The summed E-state index contributed by atoms with van der Waals surface area (Å²) >= 11 is 0. The topological polar surface area (TPSA) is 83.5 Å². The van der Waals surface area contributed by atoms with E-state index >= 15 is 0 Å². The first-order chi connectivity index (χ1) is 5.99. The summed E-state index contributed by atoms with van der Waals surface area (Å²) < 4.78 is 0. The van der Waals surface area contributed by atoms with Gasteiger partial charge in [0.2, 0.25) is 0 Å². The summed E-state index contributed by atoms with van der Waals surface area (Å²) in [7, 11) is 0. The Bertz CT molecular complexity index is 161. The number of rotatable bonds is 6. The lowest BCUT2D eigenvalue weighted by Crippen LogP contribution is -2.41. The molecule has 4 nitrogen and oxygen atoms in total. The summed E-state index contributed by atoms with van der Waals surface area (Å²) in [6, 6.07) is -0.654. The van der Waals surface area contributed by atoms with Gasteiger partial charge in [-0.25, -0.2) is 4.79 Å². The minimum atomic E-state index is -1.43. The monoisotopic (exact) mass is 189 g/mol. The molecule has 0 radical (unpaired) electrons. The maximum absolute atomic E-state index is 10.4. The molecule has 0 saturated heterocycles. The van der Waals surface area contributed by atoms with Crippen LogP contribution in [0.2, 0.25) is 0 Å². The number of carboxylic acids is 1. The molecule has 78 valence electrons. The number of aliphatic hydroxyl groups is 1. The predicted molar refractivity (Wildman–Crippen MR) is 50.3 cm³/mol. The Balaban J connectivity index is 3.84. The molecule has 13 heavy (non-hydrogen) atoms. The highest BCUT2D eigenvalue weighted by molar-refractivity contribution is 5.72. The van der Waals surface area contributed by atoms with E-state index in [0.717, 1.165) is 12.8 Å². The molecule has 0 heterocycles. The quantitative estimate of drug-likeness (QED) is 0.571. The van der Waals surface area contributed by atoms with Gasteiger partial charge in [0.15, 0.2) is 6.10 Å². The maximum atomic E-state index is 10.4. The van der Waals surface area contributed by atoms with Crippen LogP contribution in [0.1, 0.15) is 33.1 Å². The van der Waals surface area contributed by atoms with Crippen LogP contribution in [0.5, 0.6) is 0 Å². The second-order valence-corrected chi connectivity index (χ2v) is 3.58. The van der Waals surface area contributed by atoms with E-state index in [1.165, 1.54) is 0 Å². The Morgan fingerprint density at radius 1 is 1.54 bits per heavy atom. The predicted octanol–water partition coefficient (Wildman–Crippen LogP) is 0.586. The SMILES string of the molecule is CCCC(C)CC(N)C(O)C(=O)O. The number of aliphatic carboxylic acids is 1. The molecule has 0 aromatic heterocycles. The lowest BCUT2D eigenvalue weighted by Gasteiger charge is -2.18. The molecule has 0 aliphatic carbocycles. The summed E-state index contributed by atoms with van der Waals surface area (Å²) in [5, 5.41) is 17.6. The molecular formula is C9H19NO3. The first kappa shape index (κ1) is 12.4. The van der Waals surface area contributed by atoms with Crippen LogP contribution in [0.4, 0.5) is 0 Å². The van der Waals surface area contributed by atoms with Crippen molar-refractivity contribution in [2.75, 3.05) is 0 Å². The third kappa shape index (κ3) is 4.85. The van der Waals surface area contributed by atoms with Gasteiger partial charge in [-0.1, -0.05) is 26.7 Å². The standard InChI is InChI=1S/C9H19NO3/c1-3-4-6(2)5-7(10)8(11)9(12)13/h6-8,11H,3-5,10H2,1-2H3,(H,12,13). The fourth-order valence-electron chi connectivity index (χ4n) is 1.39. The third-order valence-electron chi connectivity index (χ3n) is 2.11. The Morgan fingerprint density at radius 2 is 2.08 bits per heavy atom. The van der Waals surface area contributed by atoms with Crippen molar-refractivity contribution in [3.63, 3.8) is 0 Å². The van der Waals surface area contributed by atoms with Crippen molar-refractivity contribution in [1.29, 1.82) is 0 Å².